The number of ether oxygens (including phenoxy) is 1. The Hall–Kier alpha value is -1.56. The van der Waals surface area contributed by atoms with E-state index in [4.69, 9.17) is 4.18 Å². The molecule has 1 aromatic carbocycles. The van der Waals surface area contributed by atoms with E-state index in [-0.39, 0.29) is 23.0 Å². The van der Waals surface area contributed by atoms with Gasteiger partial charge < -0.3 is 8.92 Å². The van der Waals surface area contributed by atoms with Gasteiger partial charge in [0.05, 0.1) is 12.9 Å². The monoisotopic (exact) mass is 286 g/mol. The van der Waals surface area contributed by atoms with Crippen LogP contribution < -0.4 is 4.18 Å². The number of hydrogen-bond acceptors (Lipinski definition) is 5. The predicted octanol–water partition coefficient (Wildman–Crippen LogP) is 2.23. The molecule has 0 spiro atoms. The van der Waals surface area contributed by atoms with Gasteiger partial charge in [0.15, 0.2) is 5.75 Å². The van der Waals surface area contributed by atoms with Crippen molar-refractivity contribution in [3.63, 3.8) is 0 Å². The molecule has 1 aromatic rings. The first kappa shape index (κ1) is 15.5. The molecule has 0 atom stereocenters. The molecule has 0 aliphatic rings. The van der Waals surface area contributed by atoms with Gasteiger partial charge in [0.25, 0.3) is 0 Å². The number of para-hydroxylation sites is 1. The Bertz CT molecular complexity index is 534. The lowest BCUT2D eigenvalue weighted by atomic mass is 10.2. The summed E-state index contributed by atoms with van der Waals surface area (Å²) >= 11 is 0. The Morgan fingerprint density at radius 3 is 2.47 bits per heavy atom. The molecule has 0 bridgehead atoms. The van der Waals surface area contributed by atoms with Crippen LogP contribution in [0.4, 0.5) is 0 Å². The molecule has 0 aromatic heterocycles. The average Bonchev–Trinajstić information content (AvgIpc) is 2.36. The van der Waals surface area contributed by atoms with Crippen LogP contribution in [0, 0.1) is 5.92 Å². The van der Waals surface area contributed by atoms with E-state index in [2.05, 4.69) is 4.74 Å². The van der Waals surface area contributed by atoms with Crippen molar-refractivity contribution in [3.8, 4) is 5.75 Å². The Labute approximate surface area is 113 Å². The van der Waals surface area contributed by atoms with E-state index in [1.807, 2.05) is 13.8 Å². The Morgan fingerprint density at radius 1 is 1.26 bits per heavy atom. The molecule has 0 saturated carbocycles. The van der Waals surface area contributed by atoms with Crippen LogP contribution in [0.5, 0.6) is 5.75 Å². The third kappa shape index (κ3) is 4.90. The van der Waals surface area contributed by atoms with E-state index in [1.165, 1.54) is 19.2 Å². The van der Waals surface area contributed by atoms with Gasteiger partial charge in [0, 0.05) is 0 Å². The van der Waals surface area contributed by atoms with Gasteiger partial charge in [-0.25, -0.2) is 4.79 Å². The molecule has 0 aliphatic carbocycles. The molecule has 1 rings (SSSR count). The Kier molecular flexibility index (Phi) is 5.35. The molecule has 0 N–H and O–H groups in total. The fourth-order valence-electron chi connectivity index (χ4n) is 1.38. The zero-order chi connectivity index (χ0) is 14.5. The van der Waals surface area contributed by atoms with Gasteiger partial charge in [-0.15, -0.1) is 0 Å². The second-order valence-corrected chi connectivity index (χ2v) is 6.21. The molecular weight excluding hydrogens is 268 g/mol. The molecule has 0 heterocycles. The first-order valence-electron chi connectivity index (χ1n) is 5.95. The SMILES string of the molecule is COC(=O)c1ccccc1OS(=O)(=O)CCC(C)C. The van der Waals surface area contributed by atoms with E-state index in [1.54, 1.807) is 12.1 Å². The zero-order valence-electron chi connectivity index (χ0n) is 11.3. The van der Waals surface area contributed by atoms with Crippen LogP contribution in [-0.4, -0.2) is 27.2 Å². The second kappa shape index (κ2) is 6.56. The first-order chi connectivity index (χ1) is 8.85. The van der Waals surface area contributed by atoms with Gasteiger partial charge in [-0.2, -0.15) is 8.42 Å². The minimum Gasteiger partial charge on any atom is -0.465 e. The fourth-order valence-corrected chi connectivity index (χ4v) is 2.64. The lowest BCUT2D eigenvalue weighted by molar-refractivity contribution is 0.0599. The van der Waals surface area contributed by atoms with E-state index < -0.39 is 16.1 Å². The van der Waals surface area contributed by atoms with Crippen molar-refractivity contribution < 1.29 is 22.1 Å². The van der Waals surface area contributed by atoms with Gasteiger partial charge in [0.2, 0.25) is 0 Å². The smallest absolute Gasteiger partial charge is 0.341 e. The average molecular weight is 286 g/mol. The van der Waals surface area contributed by atoms with Crippen LogP contribution in [0.25, 0.3) is 0 Å². The van der Waals surface area contributed by atoms with E-state index >= 15 is 0 Å². The standard InChI is InChI=1S/C13H18O5S/c1-10(2)8-9-19(15,16)18-12-7-5-4-6-11(12)13(14)17-3/h4-7,10H,8-9H2,1-3H3. The number of carbonyl (C=O) groups is 1. The zero-order valence-corrected chi connectivity index (χ0v) is 12.1. The van der Waals surface area contributed by atoms with Gasteiger partial charge >= 0.3 is 16.1 Å². The van der Waals surface area contributed by atoms with Crippen molar-refractivity contribution in [1.82, 2.24) is 0 Å². The predicted molar refractivity (Wildman–Crippen MR) is 71.7 cm³/mol. The maximum Gasteiger partial charge on any atom is 0.341 e. The molecule has 0 radical (unpaired) electrons. The summed E-state index contributed by atoms with van der Waals surface area (Å²) in [5, 5.41) is 0. The number of hydrogen-bond donors (Lipinski definition) is 0. The van der Waals surface area contributed by atoms with Crippen LogP contribution in [0.1, 0.15) is 30.6 Å². The van der Waals surface area contributed by atoms with Crippen molar-refractivity contribution in [1.29, 1.82) is 0 Å². The Morgan fingerprint density at radius 2 is 1.89 bits per heavy atom. The number of carbonyl (C=O) groups excluding carboxylic acids is 1. The van der Waals surface area contributed by atoms with Crippen LogP contribution in [-0.2, 0) is 14.9 Å². The van der Waals surface area contributed by atoms with Crippen LogP contribution in [0.15, 0.2) is 24.3 Å². The van der Waals surface area contributed by atoms with Crippen molar-refractivity contribution in [3.05, 3.63) is 29.8 Å². The summed E-state index contributed by atoms with van der Waals surface area (Å²) < 4.78 is 33.1. The lowest BCUT2D eigenvalue weighted by Gasteiger charge is -2.11. The summed E-state index contributed by atoms with van der Waals surface area (Å²) in [6, 6.07) is 6.10. The molecular formula is C13H18O5S. The molecule has 19 heavy (non-hydrogen) atoms. The molecule has 106 valence electrons. The topological polar surface area (TPSA) is 69.7 Å². The lowest BCUT2D eigenvalue weighted by Crippen LogP contribution is -2.17. The molecule has 0 saturated heterocycles. The molecule has 0 aliphatic heterocycles. The highest BCUT2D eigenvalue weighted by Crippen LogP contribution is 2.21. The highest BCUT2D eigenvalue weighted by Gasteiger charge is 2.19. The number of rotatable bonds is 6. The van der Waals surface area contributed by atoms with E-state index in [9.17, 15) is 13.2 Å². The maximum atomic E-state index is 11.8. The third-order valence-electron chi connectivity index (χ3n) is 2.45. The number of methoxy groups -OCH3 is 1. The number of benzene rings is 1. The van der Waals surface area contributed by atoms with Crippen LogP contribution in [0.2, 0.25) is 0 Å². The summed E-state index contributed by atoms with van der Waals surface area (Å²) in [5.41, 5.74) is 0.0955. The minimum absolute atomic E-state index is 0.00175. The highest BCUT2D eigenvalue weighted by molar-refractivity contribution is 7.87. The van der Waals surface area contributed by atoms with Gasteiger partial charge in [-0.1, -0.05) is 26.0 Å². The van der Waals surface area contributed by atoms with Gasteiger partial charge in [-0.05, 0) is 24.5 Å². The highest BCUT2D eigenvalue weighted by atomic mass is 32.2. The molecule has 6 heteroatoms. The van der Waals surface area contributed by atoms with Crippen LogP contribution in [0.3, 0.4) is 0 Å². The van der Waals surface area contributed by atoms with Crippen molar-refractivity contribution >= 4 is 16.1 Å². The summed E-state index contributed by atoms with van der Waals surface area (Å²) in [5.74, 6) is -0.456. The summed E-state index contributed by atoms with van der Waals surface area (Å²) in [6.45, 7) is 3.86. The first-order valence-corrected chi connectivity index (χ1v) is 7.53. The minimum atomic E-state index is -3.70. The third-order valence-corrected chi connectivity index (χ3v) is 3.62. The molecule has 0 unspecified atom stereocenters. The summed E-state index contributed by atoms with van der Waals surface area (Å²) in [4.78, 5) is 11.5. The van der Waals surface area contributed by atoms with Gasteiger partial charge in [0.1, 0.15) is 5.56 Å². The van der Waals surface area contributed by atoms with Crippen molar-refractivity contribution in [2.75, 3.05) is 12.9 Å². The van der Waals surface area contributed by atoms with Crippen molar-refractivity contribution in [2.45, 2.75) is 20.3 Å². The van der Waals surface area contributed by atoms with E-state index in [0.29, 0.717) is 6.42 Å². The summed E-state index contributed by atoms with van der Waals surface area (Å²) in [7, 11) is -2.47. The molecule has 5 nitrogen and oxygen atoms in total. The summed E-state index contributed by atoms with van der Waals surface area (Å²) in [6.07, 6.45) is 0.503. The maximum absolute atomic E-state index is 11.8. The largest absolute Gasteiger partial charge is 0.465 e. The van der Waals surface area contributed by atoms with E-state index in [0.717, 1.165) is 0 Å². The number of esters is 1. The quantitative estimate of drug-likeness (QED) is 0.592. The van der Waals surface area contributed by atoms with Gasteiger partial charge in [-0.3, -0.25) is 0 Å². The second-order valence-electron chi connectivity index (χ2n) is 4.52. The Balaban J connectivity index is 2.90. The molecule has 0 fully saturated rings. The van der Waals surface area contributed by atoms with Crippen LogP contribution >= 0.6 is 0 Å². The normalized spacial score (nSPS) is 11.4. The fraction of sp³-hybridized carbons (Fsp3) is 0.462. The molecule has 0 amide bonds. The van der Waals surface area contributed by atoms with Crippen molar-refractivity contribution in [2.24, 2.45) is 5.92 Å².